The fraction of sp³-hybridized carbons (Fsp3) is 0.340. The molecule has 0 aliphatic carbocycles. The predicted molar refractivity (Wildman–Crippen MR) is 214 cm³/mol. The summed E-state index contributed by atoms with van der Waals surface area (Å²) in [6, 6.07) is 33.4. The average Bonchev–Trinajstić information content (AvgIpc) is 3.65. The van der Waals surface area contributed by atoms with E-state index >= 15 is 0 Å². The van der Waals surface area contributed by atoms with Gasteiger partial charge in [0.1, 0.15) is 17.0 Å². The number of hydrogen-bond acceptors (Lipinski definition) is 2. The van der Waals surface area contributed by atoms with Gasteiger partial charge in [0.05, 0.1) is 22.3 Å². The van der Waals surface area contributed by atoms with Crippen molar-refractivity contribution in [1.82, 2.24) is 9.55 Å². The van der Waals surface area contributed by atoms with E-state index < -0.39 is 0 Å². The van der Waals surface area contributed by atoms with Crippen LogP contribution in [-0.2, 0) is 5.41 Å². The molecule has 0 aliphatic rings. The summed E-state index contributed by atoms with van der Waals surface area (Å²) >= 11 is 0. The van der Waals surface area contributed by atoms with E-state index in [1.54, 1.807) is 0 Å². The van der Waals surface area contributed by atoms with Crippen molar-refractivity contribution in [3.63, 3.8) is 0 Å². The highest BCUT2D eigenvalue weighted by Crippen LogP contribution is 2.47. The molecule has 0 bridgehead atoms. The lowest BCUT2D eigenvalue weighted by Gasteiger charge is -2.28. The molecule has 2 heterocycles. The maximum atomic E-state index is 6.95. The average molecular weight is 661 g/mol. The molecule has 7 rings (SSSR count). The van der Waals surface area contributed by atoms with E-state index in [1.807, 2.05) is 0 Å². The summed E-state index contributed by atoms with van der Waals surface area (Å²) in [5.41, 5.74) is 15.5. The Hall–Kier alpha value is -4.63. The maximum absolute atomic E-state index is 6.95. The SMILES string of the molecule is CC(C)c1cccc(C(C)C)c1-c1ccc(-c2nc3ccccc3n2-c2c(C(C)C)cc(C(C)(C)C)cc2C(C)C)c2oc3ccccc3c12. The molecule has 0 atom stereocenters. The Morgan fingerprint density at radius 3 is 1.76 bits per heavy atom. The molecule has 256 valence electrons. The molecule has 0 amide bonds. The molecule has 0 unspecified atom stereocenters. The van der Waals surface area contributed by atoms with Crippen LogP contribution in [0.2, 0.25) is 0 Å². The first-order valence-corrected chi connectivity index (χ1v) is 18.5. The number of para-hydroxylation sites is 3. The largest absolute Gasteiger partial charge is 0.455 e. The molecule has 2 aromatic heterocycles. The molecule has 0 aliphatic heterocycles. The highest BCUT2D eigenvalue weighted by atomic mass is 16.3. The van der Waals surface area contributed by atoms with Gasteiger partial charge in [0.25, 0.3) is 0 Å². The molecular weight excluding hydrogens is 609 g/mol. The first kappa shape index (κ1) is 33.8. The molecule has 7 aromatic rings. The van der Waals surface area contributed by atoms with Gasteiger partial charge < -0.3 is 4.42 Å². The van der Waals surface area contributed by atoms with E-state index in [-0.39, 0.29) is 5.41 Å². The molecule has 3 heteroatoms. The van der Waals surface area contributed by atoms with Gasteiger partial charge in [-0.05, 0) is 92.3 Å². The predicted octanol–water partition coefficient (Wildman–Crippen LogP) is 14.0. The summed E-state index contributed by atoms with van der Waals surface area (Å²) < 4.78 is 9.39. The first-order valence-electron chi connectivity index (χ1n) is 18.5. The van der Waals surface area contributed by atoms with Crippen molar-refractivity contribution in [3.05, 3.63) is 119 Å². The van der Waals surface area contributed by atoms with Crippen LogP contribution in [0, 0.1) is 0 Å². The minimum absolute atomic E-state index is 0.0308. The molecule has 0 saturated carbocycles. The highest BCUT2D eigenvalue weighted by molar-refractivity contribution is 6.16. The molecule has 0 saturated heterocycles. The van der Waals surface area contributed by atoms with Crippen LogP contribution in [0.25, 0.3) is 61.2 Å². The Kier molecular flexibility index (Phi) is 8.53. The third-order valence-corrected chi connectivity index (χ3v) is 10.5. The molecule has 50 heavy (non-hydrogen) atoms. The Balaban J connectivity index is 1.63. The van der Waals surface area contributed by atoms with E-state index in [4.69, 9.17) is 9.40 Å². The summed E-state index contributed by atoms with van der Waals surface area (Å²) in [7, 11) is 0. The van der Waals surface area contributed by atoms with Crippen molar-refractivity contribution in [2.24, 2.45) is 0 Å². The quantitative estimate of drug-likeness (QED) is 0.170. The van der Waals surface area contributed by atoms with Crippen molar-refractivity contribution in [1.29, 1.82) is 0 Å². The molecular formula is C47H52N2O. The third-order valence-electron chi connectivity index (χ3n) is 10.5. The van der Waals surface area contributed by atoms with Crippen LogP contribution in [0.1, 0.15) is 128 Å². The van der Waals surface area contributed by atoms with E-state index in [1.165, 1.54) is 44.6 Å². The topological polar surface area (TPSA) is 31.0 Å². The zero-order valence-corrected chi connectivity index (χ0v) is 31.8. The molecule has 5 aromatic carbocycles. The van der Waals surface area contributed by atoms with Crippen LogP contribution in [0.5, 0.6) is 0 Å². The number of nitrogens with zero attached hydrogens (tertiary/aromatic N) is 2. The van der Waals surface area contributed by atoms with Crippen molar-refractivity contribution < 1.29 is 4.42 Å². The van der Waals surface area contributed by atoms with Gasteiger partial charge in [-0.3, -0.25) is 4.57 Å². The summed E-state index contributed by atoms with van der Waals surface area (Å²) in [5.74, 6) is 2.29. The number of hydrogen-bond donors (Lipinski definition) is 0. The normalized spacial score (nSPS) is 12.6. The van der Waals surface area contributed by atoms with Crippen LogP contribution < -0.4 is 0 Å². The summed E-state index contributed by atoms with van der Waals surface area (Å²) in [6.45, 7) is 25.4. The molecule has 0 spiro atoms. The van der Waals surface area contributed by atoms with Crippen molar-refractivity contribution in [3.8, 4) is 28.2 Å². The van der Waals surface area contributed by atoms with Gasteiger partial charge in [0, 0.05) is 10.8 Å². The zero-order chi connectivity index (χ0) is 35.6. The van der Waals surface area contributed by atoms with Crippen LogP contribution in [0.4, 0.5) is 0 Å². The second-order valence-corrected chi connectivity index (χ2v) is 16.4. The monoisotopic (exact) mass is 660 g/mol. The number of fused-ring (bicyclic) bond motifs is 4. The van der Waals surface area contributed by atoms with Crippen LogP contribution in [0.15, 0.2) is 95.4 Å². The fourth-order valence-electron chi connectivity index (χ4n) is 7.76. The van der Waals surface area contributed by atoms with Crippen molar-refractivity contribution >= 4 is 33.0 Å². The highest BCUT2D eigenvalue weighted by Gasteiger charge is 2.28. The Morgan fingerprint density at radius 2 is 1.16 bits per heavy atom. The zero-order valence-electron chi connectivity index (χ0n) is 31.8. The van der Waals surface area contributed by atoms with Gasteiger partial charge >= 0.3 is 0 Å². The van der Waals surface area contributed by atoms with Gasteiger partial charge in [0.15, 0.2) is 0 Å². The lowest BCUT2D eigenvalue weighted by molar-refractivity contribution is 0.586. The summed E-state index contributed by atoms with van der Waals surface area (Å²) in [5, 5.41) is 2.29. The number of furan rings is 1. The van der Waals surface area contributed by atoms with Gasteiger partial charge in [-0.25, -0.2) is 4.98 Å². The number of aromatic nitrogens is 2. The lowest BCUT2D eigenvalue weighted by Crippen LogP contribution is -2.16. The smallest absolute Gasteiger partial charge is 0.149 e. The summed E-state index contributed by atoms with van der Waals surface area (Å²) in [4.78, 5) is 5.45. The van der Waals surface area contributed by atoms with Gasteiger partial charge in [-0.15, -0.1) is 0 Å². The minimum atomic E-state index is 0.0308. The Morgan fingerprint density at radius 1 is 0.600 bits per heavy atom. The van der Waals surface area contributed by atoms with Crippen LogP contribution in [0.3, 0.4) is 0 Å². The van der Waals surface area contributed by atoms with E-state index in [0.717, 1.165) is 44.4 Å². The number of imidazole rings is 1. The first-order chi connectivity index (χ1) is 23.8. The Labute approximate surface area is 298 Å². The second-order valence-electron chi connectivity index (χ2n) is 16.4. The van der Waals surface area contributed by atoms with E-state index in [2.05, 4.69) is 172 Å². The molecule has 0 N–H and O–H groups in total. The van der Waals surface area contributed by atoms with Crippen LogP contribution >= 0.6 is 0 Å². The van der Waals surface area contributed by atoms with Gasteiger partial charge in [-0.1, -0.05) is 143 Å². The van der Waals surface area contributed by atoms with Crippen LogP contribution in [-0.4, -0.2) is 9.55 Å². The molecule has 0 fully saturated rings. The number of rotatable bonds is 7. The van der Waals surface area contributed by atoms with Gasteiger partial charge in [-0.2, -0.15) is 0 Å². The molecule has 0 radical (unpaired) electrons. The Bertz CT molecular complexity index is 2320. The van der Waals surface area contributed by atoms with Gasteiger partial charge in [0.2, 0.25) is 0 Å². The van der Waals surface area contributed by atoms with E-state index in [9.17, 15) is 0 Å². The number of benzene rings is 5. The maximum Gasteiger partial charge on any atom is 0.149 e. The summed E-state index contributed by atoms with van der Waals surface area (Å²) in [6.07, 6.45) is 0. The standard InChI is InChI=1S/C47H52N2O/c1-27(2)32-18-16-19-33(28(3)4)42(32)35-23-24-36(45-43(35)34-17-12-15-22-41(34)50-45)46-48-39-20-13-14-21-40(39)49(46)44-37(29(5)6)25-31(47(9,10)11)26-38(44)30(7)8/h12-30H,1-11H3. The minimum Gasteiger partial charge on any atom is -0.455 e. The van der Waals surface area contributed by atoms with Crippen molar-refractivity contribution in [2.45, 2.75) is 105 Å². The molecule has 3 nitrogen and oxygen atoms in total. The third kappa shape index (κ3) is 5.56. The fourth-order valence-corrected chi connectivity index (χ4v) is 7.76. The van der Waals surface area contributed by atoms with Crippen molar-refractivity contribution in [2.75, 3.05) is 0 Å². The second kappa shape index (κ2) is 12.6. The lowest BCUT2D eigenvalue weighted by atomic mass is 9.81. The van der Waals surface area contributed by atoms with E-state index in [0.29, 0.717) is 23.7 Å².